The van der Waals surface area contributed by atoms with Crippen LogP contribution in [-0.2, 0) is 10.0 Å². The summed E-state index contributed by atoms with van der Waals surface area (Å²) in [6, 6.07) is 5.07. The summed E-state index contributed by atoms with van der Waals surface area (Å²) in [6.45, 7) is 0. The second-order valence-corrected chi connectivity index (χ2v) is 6.20. The van der Waals surface area contributed by atoms with E-state index in [-0.39, 0.29) is 0 Å². The van der Waals surface area contributed by atoms with Gasteiger partial charge in [0.05, 0.1) is 4.90 Å². The van der Waals surface area contributed by atoms with Crippen molar-refractivity contribution in [2.24, 2.45) is 4.99 Å². The lowest BCUT2D eigenvalue weighted by molar-refractivity contribution is 0.520. The number of fused-ring (bicyclic) bond motifs is 1. The Hall–Kier alpha value is -1.72. The zero-order valence-corrected chi connectivity index (χ0v) is 11.1. The number of hydrogen-bond acceptors (Lipinski definition) is 3. The molecular weight excluding hydrogens is 248 g/mol. The van der Waals surface area contributed by atoms with Crippen LogP contribution < -0.4 is 0 Å². The second-order valence-electron chi connectivity index (χ2n) is 4.05. The summed E-state index contributed by atoms with van der Waals surface area (Å²) in [6.07, 6.45) is 8.82. The standard InChI is InChI=1S/C13H14N2O2S/c1-15(2)18(16,17)13-6-5-11-7-9-14-8-3-4-12(11)10-13/h3-10H,1-2H3. The van der Waals surface area contributed by atoms with Crippen LogP contribution in [0.15, 0.2) is 40.4 Å². The molecule has 0 atom stereocenters. The molecule has 1 heterocycles. The lowest BCUT2D eigenvalue weighted by Crippen LogP contribution is -2.22. The van der Waals surface area contributed by atoms with Gasteiger partial charge in [-0.3, -0.25) is 4.99 Å². The van der Waals surface area contributed by atoms with Crippen molar-refractivity contribution in [3.8, 4) is 0 Å². The molecule has 0 spiro atoms. The Morgan fingerprint density at radius 3 is 2.61 bits per heavy atom. The molecule has 0 amide bonds. The Bertz CT molecular complexity index is 641. The minimum atomic E-state index is -3.39. The van der Waals surface area contributed by atoms with Gasteiger partial charge in [0.2, 0.25) is 10.0 Å². The number of aliphatic imine (C=N–C) groups is 1. The molecule has 0 radical (unpaired) electrons. The van der Waals surface area contributed by atoms with E-state index in [0.29, 0.717) is 4.90 Å². The number of sulfonamides is 1. The average molecular weight is 262 g/mol. The summed E-state index contributed by atoms with van der Waals surface area (Å²) in [5, 5.41) is 0. The van der Waals surface area contributed by atoms with Crippen molar-refractivity contribution >= 4 is 28.4 Å². The third-order valence-corrected chi connectivity index (χ3v) is 4.44. The van der Waals surface area contributed by atoms with Crippen LogP contribution >= 0.6 is 0 Å². The zero-order chi connectivity index (χ0) is 13.2. The van der Waals surface area contributed by atoms with Gasteiger partial charge >= 0.3 is 0 Å². The van der Waals surface area contributed by atoms with Crippen molar-refractivity contribution in [2.75, 3.05) is 14.1 Å². The largest absolute Gasteiger partial charge is 0.265 e. The maximum atomic E-state index is 12.0. The van der Waals surface area contributed by atoms with Crippen LogP contribution in [0.4, 0.5) is 0 Å². The van der Waals surface area contributed by atoms with Crippen molar-refractivity contribution in [2.45, 2.75) is 4.90 Å². The van der Waals surface area contributed by atoms with Crippen molar-refractivity contribution in [1.29, 1.82) is 0 Å². The summed E-state index contributed by atoms with van der Waals surface area (Å²) in [4.78, 5) is 4.30. The molecule has 1 aliphatic rings. The molecule has 1 aromatic rings. The fourth-order valence-corrected chi connectivity index (χ4v) is 2.53. The van der Waals surface area contributed by atoms with Crippen LogP contribution in [0.5, 0.6) is 0 Å². The van der Waals surface area contributed by atoms with Crippen LogP contribution in [0.2, 0.25) is 0 Å². The summed E-state index contributed by atoms with van der Waals surface area (Å²) in [7, 11) is -0.345. The highest BCUT2D eigenvalue weighted by molar-refractivity contribution is 7.89. The third kappa shape index (κ3) is 2.42. The summed E-state index contributed by atoms with van der Waals surface area (Å²) >= 11 is 0. The fourth-order valence-electron chi connectivity index (χ4n) is 1.59. The van der Waals surface area contributed by atoms with Gasteiger partial charge in [-0.2, -0.15) is 0 Å². The van der Waals surface area contributed by atoms with E-state index in [0.717, 1.165) is 11.1 Å². The molecule has 0 aromatic heterocycles. The van der Waals surface area contributed by atoms with Gasteiger partial charge in [0.1, 0.15) is 0 Å². The molecule has 0 bridgehead atoms. The third-order valence-electron chi connectivity index (χ3n) is 2.62. The molecule has 4 nitrogen and oxygen atoms in total. The van der Waals surface area contributed by atoms with E-state index in [2.05, 4.69) is 4.99 Å². The van der Waals surface area contributed by atoms with Gasteiger partial charge in [-0.15, -0.1) is 0 Å². The molecule has 94 valence electrons. The van der Waals surface area contributed by atoms with Gasteiger partial charge in [0.25, 0.3) is 0 Å². The molecule has 18 heavy (non-hydrogen) atoms. The second kappa shape index (κ2) is 4.88. The van der Waals surface area contributed by atoms with E-state index in [1.807, 2.05) is 12.2 Å². The smallest absolute Gasteiger partial charge is 0.242 e. The van der Waals surface area contributed by atoms with Crippen molar-refractivity contribution in [3.05, 3.63) is 41.6 Å². The topological polar surface area (TPSA) is 49.7 Å². The van der Waals surface area contributed by atoms with E-state index in [1.54, 1.807) is 36.7 Å². The van der Waals surface area contributed by atoms with Gasteiger partial charge in [0, 0.05) is 26.5 Å². The highest BCUT2D eigenvalue weighted by Crippen LogP contribution is 2.21. The predicted molar refractivity (Wildman–Crippen MR) is 73.9 cm³/mol. The Kier molecular flexibility index (Phi) is 3.45. The minimum Gasteiger partial charge on any atom is -0.265 e. The lowest BCUT2D eigenvalue weighted by atomic mass is 10.1. The van der Waals surface area contributed by atoms with E-state index in [1.165, 1.54) is 18.4 Å². The van der Waals surface area contributed by atoms with E-state index in [9.17, 15) is 8.42 Å². The first kappa shape index (κ1) is 12.7. The molecule has 0 saturated carbocycles. The van der Waals surface area contributed by atoms with Crippen LogP contribution in [0, 0.1) is 0 Å². The molecule has 0 saturated heterocycles. The van der Waals surface area contributed by atoms with Crippen LogP contribution in [0.1, 0.15) is 11.1 Å². The van der Waals surface area contributed by atoms with Gasteiger partial charge in [0.15, 0.2) is 0 Å². The van der Waals surface area contributed by atoms with Gasteiger partial charge < -0.3 is 0 Å². The Morgan fingerprint density at radius 2 is 1.89 bits per heavy atom. The molecule has 5 heteroatoms. The molecule has 1 aromatic carbocycles. The molecule has 2 rings (SSSR count). The number of rotatable bonds is 2. The van der Waals surface area contributed by atoms with Gasteiger partial charge in [-0.05, 0) is 35.4 Å². The van der Waals surface area contributed by atoms with E-state index < -0.39 is 10.0 Å². The summed E-state index contributed by atoms with van der Waals surface area (Å²) in [5.74, 6) is 0. The Morgan fingerprint density at radius 1 is 1.11 bits per heavy atom. The summed E-state index contributed by atoms with van der Waals surface area (Å²) < 4.78 is 25.3. The first-order valence-electron chi connectivity index (χ1n) is 5.45. The monoisotopic (exact) mass is 262 g/mol. The summed E-state index contributed by atoms with van der Waals surface area (Å²) in [5.41, 5.74) is 1.81. The minimum absolute atomic E-state index is 0.293. The van der Waals surface area contributed by atoms with Crippen molar-refractivity contribution in [1.82, 2.24) is 4.31 Å². The number of hydrogen-bond donors (Lipinski definition) is 0. The fraction of sp³-hybridized carbons (Fsp3) is 0.154. The normalized spacial score (nSPS) is 14.4. The van der Waals surface area contributed by atoms with Gasteiger partial charge in [-0.1, -0.05) is 12.1 Å². The number of benzene rings is 1. The molecule has 0 fully saturated rings. The quantitative estimate of drug-likeness (QED) is 0.818. The predicted octanol–water partition coefficient (Wildman–Crippen LogP) is 2.01. The highest BCUT2D eigenvalue weighted by atomic mass is 32.2. The maximum Gasteiger partial charge on any atom is 0.242 e. The van der Waals surface area contributed by atoms with Crippen LogP contribution in [0.3, 0.4) is 0 Å². The average Bonchev–Trinajstić information content (AvgIpc) is 2.29. The van der Waals surface area contributed by atoms with E-state index in [4.69, 9.17) is 0 Å². The lowest BCUT2D eigenvalue weighted by Gasteiger charge is -2.13. The maximum absolute atomic E-state index is 12.0. The Balaban J connectivity index is 2.55. The Labute approximate surface area is 107 Å². The number of nitrogens with zero attached hydrogens (tertiary/aromatic N) is 2. The number of allylic oxidation sites excluding steroid dienone is 1. The van der Waals surface area contributed by atoms with Crippen LogP contribution in [0.25, 0.3) is 12.2 Å². The van der Waals surface area contributed by atoms with Crippen molar-refractivity contribution < 1.29 is 8.42 Å². The first-order valence-corrected chi connectivity index (χ1v) is 6.89. The highest BCUT2D eigenvalue weighted by Gasteiger charge is 2.17. The molecule has 0 aliphatic carbocycles. The molecule has 0 N–H and O–H groups in total. The van der Waals surface area contributed by atoms with E-state index >= 15 is 0 Å². The molecular formula is C13H14N2O2S. The molecule has 1 aliphatic heterocycles. The first-order chi connectivity index (χ1) is 8.51. The van der Waals surface area contributed by atoms with Crippen LogP contribution in [-0.4, -0.2) is 33.0 Å². The van der Waals surface area contributed by atoms with Crippen molar-refractivity contribution in [3.63, 3.8) is 0 Å². The molecule has 0 unspecified atom stereocenters. The SMILES string of the molecule is CN(C)S(=O)(=O)c1ccc2c(c1)C=CC=NC=C2. The van der Waals surface area contributed by atoms with Gasteiger partial charge in [-0.25, -0.2) is 12.7 Å². The zero-order valence-electron chi connectivity index (χ0n) is 10.2.